The van der Waals surface area contributed by atoms with Gasteiger partial charge >= 0.3 is 12.1 Å². The van der Waals surface area contributed by atoms with Crippen LogP contribution < -0.4 is 0 Å². The molecule has 0 aliphatic heterocycles. The van der Waals surface area contributed by atoms with Gasteiger partial charge in [0.2, 0.25) is 10.0 Å². The average Bonchev–Trinajstić information content (AvgIpc) is 3.06. The molecule has 1 heterocycles. The second-order valence-electron chi connectivity index (χ2n) is 7.52. The van der Waals surface area contributed by atoms with Crippen LogP contribution in [0.1, 0.15) is 51.5 Å². The zero-order valence-electron chi connectivity index (χ0n) is 19.4. The maximum atomic E-state index is 13.4. The Bertz CT molecular complexity index is 1160. The van der Waals surface area contributed by atoms with E-state index in [9.17, 15) is 31.2 Å². The van der Waals surface area contributed by atoms with Gasteiger partial charge in [0.05, 0.1) is 29.7 Å². The molecule has 0 bridgehead atoms. The quantitative estimate of drug-likeness (QED) is 0.390. The van der Waals surface area contributed by atoms with Crippen LogP contribution in [0.3, 0.4) is 0 Å². The lowest BCUT2D eigenvalue weighted by atomic mass is 10.0. The van der Waals surface area contributed by atoms with Crippen LogP contribution in [0.15, 0.2) is 29.2 Å². The third kappa shape index (κ3) is 5.68. The van der Waals surface area contributed by atoms with E-state index in [2.05, 4.69) is 4.98 Å². The van der Waals surface area contributed by atoms with Gasteiger partial charge in [0.15, 0.2) is 5.78 Å². The molecule has 0 aliphatic rings. The molecule has 0 amide bonds. The number of aromatic nitrogens is 1. The van der Waals surface area contributed by atoms with Crippen molar-refractivity contribution in [3.63, 3.8) is 0 Å². The first-order valence-corrected chi connectivity index (χ1v) is 11.8. The first kappa shape index (κ1) is 27.5. The number of aryl methyl sites for hydroxylation is 1. The van der Waals surface area contributed by atoms with Crippen molar-refractivity contribution in [3.8, 4) is 0 Å². The molecule has 0 aliphatic carbocycles. The number of nitrogens with zero attached hydrogens (tertiary/aromatic N) is 1. The number of aromatic amines is 1. The van der Waals surface area contributed by atoms with Crippen molar-refractivity contribution in [2.24, 2.45) is 0 Å². The molecule has 1 unspecified atom stereocenters. The van der Waals surface area contributed by atoms with E-state index >= 15 is 0 Å². The Kier molecular flexibility index (Phi) is 8.67. The fourth-order valence-corrected chi connectivity index (χ4v) is 5.16. The fourth-order valence-electron chi connectivity index (χ4n) is 3.54. The lowest BCUT2D eigenvalue weighted by Gasteiger charge is -2.28. The summed E-state index contributed by atoms with van der Waals surface area (Å²) in [5.41, 5.74) is -0.330. The summed E-state index contributed by atoms with van der Waals surface area (Å²) in [6.45, 7) is 5.77. The zero-order valence-corrected chi connectivity index (χ0v) is 20.3. The van der Waals surface area contributed by atoms with E-state index in [-0.39, 0.29) is 36.6 Å². The molecule has 1 aromatic heterocycles. The molecule has 188 valence electrons. The first-order valence-electron chi connectivity index (χ1n) is 10.4. The molecule has 8 nitrogen and oxygen atoms in total. The van der Waals surface area contributed by atoms with E-state index in [1.165, 1.54) is 21.0 Å². The number of H-pyrrole nitrogens is 1. The second kappa shape index (κ2) is 10.7. The number of hydrogen-bond donors (Lipinski definition) is 1. The van der Waals surface area contributed by atoms with Crippen LogP contribution in [0.5, 0.6) is 0 Å². The van der Waals surface area contributed by atoms with Gasteiger partial charge in [-0.25, -0.2) is 13.2 Å². The molecule has 1 aromatic carbocycles. The molecule has 34 heavy (non-hydrogen) atoms. The van der Waals surface area contributed by atoms with E-state index in [0.29, 0.717) is 11.8 Å². The normalized spacial score (nSPS) is 13.2. The molecular weight excluding hydrogens is 477 g/mol. The molecule has 0 radical (unpaired) electrons. The summed E-state index contributed by atoms with van der Waals surface area (Å²) in [7, 11) is -3.19. The highest BCUT2D eigenvalue weighted by Crippen LogP contribution is 2.32. The Morgan fingerprint density at radius 1 is 1.21 bits per heavy atom. The molecule has 12 heteroatoms. The summed E-state index contributed by atoms with van der Waals surface area (Å²) >= 11 is 0. The number of sulfonamides is 1. The Balaban J connectivity index is 2.52. The Morgan fingerprint density at radius 2 is 1.85 bits per heavy atom. The van der Waals surface area contributed by atoms with Crippen LogP contribution in [-0.2, 0) is 25.7 Å². The summed E-state index contributed by atoms with van der Waals surface area (Å²) in [4.78, 5) is 27.8. The molecule has 0 fully saturated rings. The molecule has 0 spiro atoms. The van der Waals surface area contributed by atoms with E-state index in [1.807, 2.05) is 0 Å². The zero-order chi connectivity index (χ0) is 25.8. The predicted molar refractivity (Wildman–Crippen MR) is 117 cm³/mol. The predicted octanol–water partition coefficient (Wildman–Crippen LogP) is 3.74. The molecule has 0 saturated carbocycles. The fraction of sp³-hybridized carbons (Fsp3) is 0.455. The van der Waals surface area contributed by atoms with E-state index in [1.54, 1.807) is 13.8 Å². The number of hydrogen-bond acceptors (Lipinski definition) is 6. The highest BCUT2D eigenvalue weighted by atomic mass is 32.2. The van der Waals surface area contributed by atoms with E-state index < -0.39 is 44.5 Å². The SMILES string of the molecule is CCOC(=O)c1[nH]c(C)c(C(=O)C(C)N(CCOC)S(=O)(=O)c2cccc(C(F)(F)F)c2)c1C. The number of rotatable bonds is 10. The highest BCUT2D eigenvalue weighted by molar-refractivity contribution is 7.89. The average molecular weight is 505 g/mol. The van der Waals surface area contributed by atoms with Crippen molar-refractivity contribution < 1.29 is 40.7 Å². The molecule has 0 saturated heterocycles. The van der Waals surface area contributed by atoms with Crippen molar-refractivity contribution in [1.82, 2.24) is 9.29 Å². The number of methoxy groups -OCH3 is 1. The largest absolute Gasteiger partial charge is 0.461 e. The minimum absolute atomic E-state index is 0.0686. The van der Waals surface area contributed by atoms with Gasteiger partial charge in [-0.15, -0.1) is 0 Å². The van der Waals surface area contributed by atoms with E-state index in [4.69, 9.17) is 9.47 Å². The first-order chi connectivity index (χ1) is 15.8. The highest BCUT2D eigenvalue weighted by Gasteiger charge is 2.37. The smallest absolute Gasteiger partial charge is 0.416 e. The van der Waals surface area contributed by atoms with Gasteiger partial charge in [0.25, 0.3) is 0 Å². The third-order valence-electron chi connectivity index (χ3n) is 5.26. The summed E-state index contributed by atoms with van der Waals surface area (Å²) < 4.78 is 76.9. The number of carbonyl (C=O) groups excluding carboxylic acids is 2. The molecule has 1 N–H and O–H groups in total. The monoisotopic (exact) mass is 504 g/mol. The van der Waals surface area contributed by atoms with E-state index in [0.717, 1.165) is 22.5 Å². The lowest BCUT2D eigenvalue weighted by molar-refractivity contribution is -0.137. The van der Waals surface area contributed by atoms with Crippen LogP contribution in [-0.4, -0.2) is 62.4 Å². The summed E-state index contributed by atoms with van der Waals surface area (Å²) in [5.74, 6) is -1.30. The van der Waals surface area contributed by atoms with Crippen LogP contribution in [0, 0.1) is 13.8 Å². The molecular formula is C22H27F3N2O6S. The van der Waals surface area contributed by atoms with Crippen molar-refractivity contribution in [3.05, 3.63) is 52.3 Å². The minimum Gasteiger partial charge on any atom is -0.461 e. The number of benzene rings is 1. The summed E-state index contributed by atoms with van der Waals surface area (Å²) in [5, 5.41) is 0. The van der Waals surface area contributed by atoms with Crippen LogP contribution in [0.2, 0.25) is 0 Å². The van der Waals surface area contributed by atoms with Crippen molar-refractivity contribution in [2.45, 2.75) is 44.8 Å². The maximum absolute atomic E-state index is 13.4. The number of ether oxygens (including phenoxy) is 2. The number of alkyl halides is 3. The van der Waals surface area contributed by atoms with Gasteiger partial charge < -0.3 is 14.5 Å². The van der Waals surface area contributed by atoms with Gasteiger partial charge in [-0.2, -0.15) is 17.5 Å². The molecule has 2 rings (SSSR count). The number of ketones is 1. The molecule has 1 atom stereocenters. The van der Waals surface area contributed by atoms with Crippen molar-refractivity contribution in [1.29, 1.82) is 0 Å². The van der Waals surface area contributed by atoms with Gasteiger partial charge in [-0.05, 0) is 51.5 Å². The number of nitrogens with one attached hydrogen (secondary N) is 1. The van der Waals surface area contributed by atoms with Gasteiger partial charge in [0.1, 0.15) is 5.69 Å². The standard InChI is InChI=1S/C22H27F3N2O6S/c1-6-33-21(29)19-13(2)18(14(3)26-19)20(28)15(4)27(10-11-32-5)34(30,31)17-9-7-8-16(12-17)22(23,24)25/h7-9,12,15,26H,6,10-11H2,1-5H3. The Labute approximate surface area is 196 Å². The Morgan fingerprint density at radius 3 is 2.41 bits per heavy atom. The van der Waals surface area contributed by atoms with Crippen LogP contribution in [0.4, 0.5) is 13.2 Å². The summed E-state index contributed by atoms with van der Waals surface area (Å²) in [6.07, 6.45) is -4.74. The summed E-state index contributed by atoms with van der Waals surface area (Å²) in [6, 6.07) is 2.00. The van der Waals surface area contributed by atoms with Crippen LogP contribution >= 0.6 is 0 Å². The maximum Gasteiger partial charge on any atom is 0.416 e. The minimum atomic E-state index is -4.74. The Hall–Kier alpha value is -2.70. The second-order valence-corrected chi connectivity index (χ2v) is 9.41. The van der Waals surface area contributed by atoms with Gasteiger partial charge in [-0.1, -0.05) is 6.07 Å². The topological polar surface area (TPSA) is 106 Å². The van der Waals surface area contributed by atoms with Crippen molar-refractivity contribution in [2.75, 3.05) is 26.9 Å². The molecule has 2 aromatic rings. The van der Waals surface area contributed by atoms with Gasteiger partial charge in [-0.3, -0.25) is 4.79 Å². The number of carbonyl (C=O) groups is 2. The lowest BCUT2D eigenvalue weighted by Crippen LogP contribution is -2.45. The number of esters is 1. The number of Topliss-reactive ketones (excluding diaryl/α,β-unsaturated/α-hetero) is 1. The van der Waals surface area contributed by atoms with Crippen molar-refractivity contribution >= 4 is 21.8 Å². The third-order valence-corrected chi connectivity index (χ3v) is 7.22. The number of halogens is 3. The van der Waals surface area contributed by atoms with Gasteiger partial charge in [0, 0.05) is 24.9 Å². The van der Waals surface area contributed by atoms with Crippen LogP contribution in [0.25, 0.3) is 0 Å².